The summed E-state index contributed by atoms with van der Waals surface area (Å²) in [6, 6.07) is 18.8. The molecule has 3 rings (SSSR count). The Kier molecular flexibility index (Phi) is 6.91. The van der Waals surface area contributed by atoms with Crippen LogP contribution >= 0.6 is 0 Å². The molecule has 0 aliphatic heterocycles. The molecule has 1 aromatic heterocycles. The van der Waals surface area contributed by atoms with Gasteiger partial charge in [0.2, 0.25) is 0 Å². The molecule has 1 N–H and O–H groups in total. The second-order valence-electron chi connectivity index (χ2n) is 6.62. The monoisotopic (exact) mass is 402 g/mol. The van der Waals surface area contributed by atoms with Gasteiger partial charge in [0.25, 0.3) is 5.91 Å². The van der Waals surface area contributed by atoms with Crippen molar-refractivity contribution in [2.75, 3.05) is 7.11 Å². The molecule has 6 heteroatoms. The van der Waals surface area contributed by atoms with Crippen LogP contribution in [-0.4, -0.2) is 13.0 Å². The molecule has 0 atom stereocenters. The number of carbonyl (C=O) groups excluding carboxylic acids is 1. The highest BCUT2D eigenvalue weighted by atomic mass is 16.5. The maximum absolute atomic E-state index is 12.3. The summed E-state index contributed by atoms with van der Waals surface area (Å²) in [7, 11) is 1.54. The van der Waals surface area contributed by atoms with Gasteiger partial charge in [-0.3, -0.25) is 4.79 Å². The molecule has 1 heterocycles. The number of amides is 1. The first-order valence-corrected chi connectivity index (χ1v) is 9.38. The van der Waals surface area contributed by atoms with Crippen LogP contribution in [0, 0.1) is 18.3 Å². The SMILES string of the molecule is COc1cc(/C=C(/C#N)C(=O)NCc2ccco2)ccc1OCc1ccc(C)cc1. The van der Waals surface area contributed by atoms with Crippen LogP contribution < -0.4 is 14.8 Å². The van der Waals surface area contributed by atoms with E-state index in [9.17, 15) is 10.1 Å². The van der Waals surface area contributed by atoms with Crippen molar-refractivity contribution in [1.29, 1.82) is 5.26 Å². The molecule has 0 saturated carbocycles. The first-order chi connectivity index (χ1) is 14.6. The van der Waals surface area contributed by atoms with Crippen LogP contribution in [0.4, 0.5) is 0 Å². The molecule has 0 unspecified atom stereocenters. The van der Waals surface area contributed by atoms with Gasteiger partial charge in [0.1, 0.15) is 24.0 Å². The number of aryl methyl sites for hydroxylation is 1. The molecule has 0 fully saturated rings. The molecular weight excluding hydrogens is 380 g/mol. The fourth-order valence-electron chi connectivity index (χ4n) is 2.73. The zero-order valence-corrected chi connectivity index (χ0v) is 16.8. The minimum absolute atomic E-state index is 0.0167. The molecule has 30 heavy (non-hydrogen) atoms. The summed E-state index contributed by atoms with van der Waals surface area (Å²) in [5.41, 5.74) is 2.87. The summed E-state index contributed by atoms with van der Waals surface area (Å²) in [4.78, 5) is 12.3. The number of benzene rings is 2. The van der Waals surface area contributed by atoms with E-state index >= 15 is 0 Å². The van der Waals surface area contributed by atoms with Crippen LogP contribution in [-0.2, 0) is 17.9 Å². The van der Waals surface area contributed by atoms with E-state index in [2.05, 4.69) is 5.32 Å². The quantitative estimate of drug-likeness (QED) is 0.446. The van der Waals surface area contributed by atoms with Gasteiger partial charge in [-0.2, -0.15) is 5.26 Å². The lowest BCUT2D eigenvalue weighted by Gasteiger charge is -2.12. The minimum atomic E-state index is -0.479. The number of carbonyl (C=O) groups is 1. The Morgan fingerprint density at radius 3 is 2.63 bits per heavy atom. The molecule has 6 nitrogen and oxygen atoms in total. The van der Waals surface area contributed by atoms with Crippen LogP contribution in [0.15, 0.2) is 70.9 Å². The van der Waals surface area contributed by atoms with Crippen LogP contribution in [0.1, 0.15) is 22.5 Å². The number of furan rings is 1. The van der Waals surface area contributed by atoms with E-state index in [0.717, 1.165) is 5.56 Å². The Morgan fingerprint density at radius 1 is 1.17 bits per heavy atom. The fourth-order valence-corrected chi connectivity index (χ4v) is 2.73. The summed E-state index contributed by atoms with van der Waals surface area (Å²) >= 11 is 0. The van der Waals surface area contributed by atoms with Crippen LogP contribution in [0.2, 0.25) is 0 Å². The maximum atomic E-state index is 12.3. The molecule has 3 aromatic rings. The van der Waals surface area contributed by atoms with Gasteiger partial charge >= 0.3 is 0 Å². The van der Waals surface area contributed by atoms with Gasteiger partial charge in [0.05, 0.1) is 19.9 Å². The van der Waals surface area contributed by atoms with E-state index < -0.39 is 5.91 Å². The second kappa shape index (κ2) is 9.99. The smallest absolute Gasteiger partial charge is 0.262 e. The summed E-state index contributed by atoms with van der Waals surface area (Å²) in [5.74, 6) is 1.23. The summed E-state index contributed by atoms with van der Waals surface area (Å²) in [5, 5.41) is 12.0. The molecule has 0 saturated heterocycles. The highest BCUT2D eigenvalue weighted by molar-refractivity contribution is 6.01. The lowest BCUT2D eigenvalue weighted by atomic mass is 10.1. The summed E-state index contributed by atoms with van der Waals surface area (Å²) < 4.78 is 16.5. The third kappa shape index (κ3) is 5.52. The number of nitriles is 1. The van der Waals surface area contributed by atoms with Gasteiger partial charge in [-0.25, -0.2) is 0 Å². The average Bonchev–Trinajstić information content (AvgIpc) is 3.29. The van der Waals surface area contributed by atoms with E-state index in [-0.39, 0.29) is 12.1 Å². The number of hydrogen-bond donors (Lipinski definition) is 1. The molecule has 0 aliphatic rings. The molecular formula is C24H22N2O4. The number of nitrogens with one attached hydrogen (secondary N) is 1. The largest absolute Gasteiger partial charge is 0.493 e. The molecule has 152 valence electrons. The Hall–Kier alpha value is -3.98. The van der Waals surface area contributed by atoms with Crippen molar-refractivity contribution < 1.29 is 18.7 Å². The van der Waals surface area contributed by atoms with E-state index in [0.29, 0.717) is 29.4 Å². The Balaban J connectivity index is 1.69. The Bertz CT molecular complexity index is 1060. The van der Waals surface area contributed by atoms with Crippen molar-refractivity contribution in [2.45, 2.75) is 20.1 Å². The van der Waals surface area contributed by atoms with Gasteiger partial charge in [-0.15, -0.1) is 0 Å². The first kappa shape index (κ1) is 20.7. The van der Waals surface area contributed by atoms with Crippen molar-refractivity contribution >= 4 is 12.0 Å². The molecule has 0 aliphatic carbocycles. The zero-order chi connectivity index (χ0) is 21.3. The van der Waals surface area contributed by atoms with Gasteiger partial charge in [0.15, 0.2) is 11.5 Å². The highest BCUT2D eigenvalue weighted by Crippen LogP contribution is 2.29. The fraction of sp³-hybridized carbons (Fsp3) is 0.167. The van der Waals surface area contributed by atoms with Crippen molar-refractivity contribution in [3.05, 3.63) is 88.9 Å². The first-order valence-electron chi connectivity index (χ1n) is 9.38. The molecule has 0 bridgehead atoms. The predicted octanol–water partition coefficient (Wildman–Crippen LogP) is 4.40. The van der Waals surface area contributed by atoms with Crippen molar-refractivity contribution in [1.82, 2.24) is 5.32 Å². The van der Waals surface area contributed by atoms with Crippen molar-refractivity contribution in [2.24, 2.45) is 0 Å². The normalized spacial score (nSPS) is 10.9. The average molecular weight is 402 g/mol. The summed E-state index contributed by atoms with van der Waals surface area (Å²) in [6.45, 7) is 2.65. The summed E-state index contributed by atoms with van der Waals surface area (Å²) in [6.07, 6.45) is 3.03. The van der Waals surface area contributed by atoms with Crippen LogP contribution in [0.3, 0.4) is 0 Å². The van der Waals surface area contributed by atoms with Gasteiger partial charge in [-0.1, -0.05) is 35.9 Å². The van der Waals surface area contributed by atoms with Gasteiger partial charge in [0, 0.05) is 0 Å². The third-order valence-electron chi connectivity index (χ3n) is 4.38. The molecule has 0 spiro atoms. The number of nitrogens with zero attached hydrogens (tertiary/aromatic N) is 1. The molecule has 0 radical (unpaired) electrons. The van der Waals surface area contributed by atoms with E-state index in [4.69, 9.17) is 13.9 Å². The number of methoxy groups -OCH3 is 1. The molecule has 1 amide bonds. The predicted molar refractivity (Wildman–Crippen MR) is 113 cm³/mol. The van der Waals surface area contributed by atoms with E-state index in [1.54, 1.807) is 37.4 Å². The topological polar surface area (TPSA) is 84.5 Å². The lowest BCUT2D eigenvalue weighted by molar-refractivity contribution is -0.117. The van der Waals surface area contributed by atoms with Crippen molar-refractivity contribution in [3.63, 3.8) is 0 Å². The van der Waals surface area contributed by atoms with Crippen LogP contribution in [0.25, 0.3) is 6.08 Å². The molecule has 2 aromatic carbocycles. The zero-order valence-electron chi connectivity index (χ0n) is 16.8. The standard InChI is InChI=1S/C24H22N2O4/c1-17-5-7-18(8-6-17)16-30-22-10-9-19(13-23(22)28-2)12-20(14-25)24(27)26-15-21-4-3-11-29-21/h3-13H,15-16H2,1-2H3,(H,26,27)/b20-12-. The number of rotatable bonds is 8. The maximum Gasteiger partial charge on any atom is 0.262 e. The Labute approximate surface area is 175 Å². The minimum Gasteiger partial charge on any atom is -0.493 e. The van der Waals surface area contributed by atoms with E-state index in [1.807, 2.05) is 37.3 Å². The second-order valence-corrected chi connectivity index (χ2v) is 6.62. The number of hydrogen-bond acceptors (Lipinski definition) is 5. The Morgan fingerprint density at radius 2 is 1.97 bits per heavy atom. The lowest BCUT2D eigenvalue weighted by Crippen LogP contribution is -2.23. The van der Waals surface area contributed by atoms with E-state index in [1.165, 1.54) is 17.9 Å². The van der Waals surface area contributed by atoms with Gasteiger partial charge in [-0.05, 0) is 48.4 Å². The van der Waals surface area contributed by atoms with Crippen LogP contribution in [0.5, 0.6) is 11.5 Å². The highest BCUT2D eigenvalue weighted by Gasteiger charge is 2.11. The third-order valence-corrected chi connectivity index (χ3v) is 4.38. The van der Waals surface area contributed by atoms with Crippen molar-refractivity contribution in [3.8, 4) is 17.6 Å². The number of ether oxygens (including phenoxy) is 2. The van der Waals surface area contributed by atoms with Gasteiger partial charge < -0.3 is 19.2 Å².